The van der Waals surface area contributed by atoms with Gasteiger partial charge in [-0.15, -0.1) is 22.7 Å². The maximum absolute atomic E-state index is 7.09. The molecule has 0 unspecified atom stereocenters. The molecule has 0 bridgehead atoms. The lowest BCUT2D eigenvalue weighted by Crippen LogP contribution is -2.10. The molecular weight excluding hydrogens is 644 g/mol. The summed E-state index contributed by atoms with van der Waals surface area (Å²) in [6.45, 7) is 2.24. The summed E-state index contributed by atoms with van der Waals surface area (Å²) >= 11 is 10.7. The van der Waals surface area contributed by atoms with Crippen LogP contribution in [0.4, 0.5) is 34.1 Å². The van der Waals surface area contributed by atoms with E-state index >= 15 is 0 Å². The van der Waals surface area contributed by atoms with Gasteiger partial charge in [-0.1, -0.05) is 84.4 Å². The summed E-state index contributed by atoms with van der Waals surface area (Å²) in [4.78, 5) is 4.67. The second-order valence-electron chi connectivity index (χ2n) is 12.0. The van der Waals surface area contributed by atoms with Crippen LogP contribution in [-0.4, -0.2) is 0 Å². The number of rotatable bonds is 6. The van der Waals surface area contributed by atoms with Gasteiger partial charge >= 0.3 is 0 Å². The third-order valence-corrected chi connectivity index (χ3v) is 11.5. The molecule has 0 N–H and O–H groups in total. The minimum absolute atomic E-state index is 0.773. The molecule has 9 rings (SSSR count). The molecule has 5 heteroatoms. The Bertz CT molecular complexity index is 2550. The fraction of sp³-hybridized carbons (Fsp3) is 0.0233. The van der Waals surface area contributed by atoms with Crippen LogP contribution in [0, 0.1) is 6.92 Å². The van der Waals surface area contributed by atoms with Crippen LogP contribution in [-0.2, 0) is 0 Å². The van der Waals surface area contributed by atoms with Crippen molar-refractivity contribution in [2.75, 3.05) is 9.80 Å². The van der Waals surface area contributed by atoms with Gasteiger partial charge in [0.15, 0.2) is 0 Å². The summed E-state index contributed by atoms with van der Waals surface area (Å²) in [5.74, 6) is 0. The normalized spacial score (nSPS) is 11.5. The first-order valence-electron chi connectivity index (χ1n) is 16.0. The molecule has 0 radical (unpaired) electrons. The number of fused-ring (bicyclic) bond motifs is 6. The Hall–Kier alpha value is -5.13. The van der Waals surface area contributed by atoms with Gasteiger partial charge in [-0.3, -0.25) is 0 Å². The predicted molar refractivity (Wildman–Crippen MR) is 211 cm³/mol. The van der Waals surface area contributed by atoms with Crippen molar-refractivity contribution in [3.8, 4) is 0 Å². The highest BCUT2D eigenvalue weighted by atomic mass is 35.5. The maximum Gasteiger partial charge on any atom is 0.0519 e. The van der Waals surface area contributed by atoms with Crippen molar-refractivity contribution >= 4 is 109 Å². The van der Waals surface area contributed by atoms with E-state index in [0.29, 0.717) is 0 Å². The zero-order chi connectivity index (χ0) is 32.2. The van der Waals surface area contributed by atoms with Crippen LogP contribution in [0.15, 0.2) is 158 Å². The molecule has 9 aromatic rings. The van der Waals surface area contributed by atoms with E-state index in [-0.39, 0.29) is 0 Å². The topological polar surface area (TPSA) is 6.48 Å². The van der Waals surface area contributed by atoms with Gasteiger partial charge in [0, 0.05) is 74.5 Å². The number of hydrogen-bond donors (Lipinski definition) is 0. The monoisotopic (exact) mass is 672 g/mol. The van der Waals surface area contributed by atoms with E-state index in [4.69, 9.17) is 11.6 Å². The summed E-state index contributed by atoms with van der Waals surface area (Å²) in [5, 5.41) is 5.68. The molecule has 7 aromatic carbocycles. The van der Waals surface area contributed by atoms with Crippen molar-refractivity contribution in [1.82, 2.24) is 0 Å². The van der Waals surface area contributed by atoms with Crippen LogP contribution in [0.1, 0.15) is 5.56 Å². The fourth-order valence-electron chi connectivity index (χ4n) is 6.90. The van der Waals surface area contributed by atoms with Gasteiger partial charge in [0.2, 0.25) is 0 Å². The van der Waals surface area contributed by atoms with Gasteiger partial charge in [0.1, 0.15) is 0 Å². The number of benzene rings is 7. The van der Waals surface area contributed by atoms with Crippen molar-refractivity contribution in [2.24, 2.45) is 0 Å². The zero-order valence-electron chi connectivity index (χ0n) is 26.1. The van der Waals surface area contributed by atoms with Crippen molar-refractivity contribution in [2.45, 2.75) is 6.92 Å². The van der Waals surface area contributed by atoms with Crippen molar-refractivity contribution in [3.63, 3.8) is 0 Å². The molecular formula is C43H29ClN2S2. The van der Waals surface area contributed by atoms with Crippen LogP contribution >= 0.6 is 34.3 Å². The molecule has 2 heterocycles. The number of halogens is 1. The van der Waals surface area contributed by atoms with E-state index in [0.717, 1.165) is 44.5 Å². The van der Waals surface area contributed by atoms with E-state index in [1.807, 2.05) is 11.3 Å². The van der Waals surface area contributed by atoms with Gasteiger partial charge in [-0.05, 0) is 97.4 Å². The van der Waals surface area contributed by atoms with Gasteiger partial charge in [0.25, 0.3) is 0 Å². The number of hydrogen-bond acceptors (Lipinski definition) is 4. The Morgan fingerprint density at radius 3 is 1.52 bits per heavy atom. The first kappa shape index (κ1) is 29.0. The third-order valence-electron chi connectivity index (χ3n) is 8.97. The third kappa shape index (κ3) is 4.92. The summed E-state index contributed by atoms with van der Waals surface area (Å²) in [5.41, 5.74) is 7.91. The minimum atomic E-state index is 0.773. The van der Waals surface area contributed by atoms with E-state index in [2.05, 4.69) is 174 Å². The Morgan fingerprint density at radius 1 is 0.396 bits per heavy atom. The molecule has 0 atom stereocenters. The smallest absolute Gasteiger partial charge is 0.0519 e. The molecule has 48 heavy (non-hydrogen) atoms. The quantitative estimate of drug-likeness (QED) is 0.173. The zero-order valence-corrected chi connectivity index (χ0v) is 28.5. The van der Waals surface area contributed by atoms with Crippen molar-refractivity contribution in [1.29, 1.82) is 0 Å². The second-order valence-corrected chi connectivity index (χ2v) is 14.6. The molecule has 2 aromatic heterocycles. The molecule has 230 valence electrons. The highest BCUT2D eigenvalue weighted by Gasteiger charge is 2.20. The number of para-hydroxylation sites is 3. The van der Waals surface area contributed by atoms with E-state index < -0.39 is 0 Å². The SMILES string of the molecule is Cc1cc(N(c2ccccc2)c2cc(Cl)c3c(c2)sc2ccccc23)cc2sc3ccc(N(c4ccccc4)c4ccccc4)cc3c12. The second kappa shape index (κ2) is 11.8. The standard InChI is InChI=1S/C43H29ClN2S2/c1-28-23-33(46(31-17-9-4-10-18-31)34-25-37(44)43-35-19-11-12-20-38(35)47-41(43)27-34)26-40-42(28)36-24-32(21-22-39(36)48-40)45(29-13-5-2-6-14-29)30-15-7-3-8-16-30/h2-27H,1H3. The van der Waals surface area contributed by atoms with Crippen molar-refractivity contribution in [3.05, 3.63) is 168 Å². The molecule has 0 spiro atoms. The summed E-state index contributed by atoms with van der Waals surface area (Å²) in [6, 6.07) is 56.2. The Balaban J connectivity index is 1.21. The number of thiophene rings is 2. The fourth-order valence-corrected chi connectivity index (χ4v) is 9.63. The summed E-state index contributed by atoms with van der Waals surface area (Å²) < 4.78 is 4.97. The Kier molecular flexibility index (Phi) is 7.16. The summed E-state index contributed by atoms with van der Waals surface area (Å²) in [6.07, 6.45) is 0. The van der Waals surface area contributed by atoms with Gasteiger partial charge in [-0.25, -0.2) is 0 Å². The van der Waals surface area contributed by atoms with E-state index in [9.17, 15) is 0 Å². The van der Waals surface area contributed by atoms with Crippen LogP contribution in [0.3, 0.4) is 0 Å². The summed E-state index contributed by atoms with van der Waals surface area (Å²) in [7, 11) is 0. The largest absolute Gasteiger partial charge is 0.310 e. The lowest BCUT2D eigenvalue weighted by Gasteiger charge is -2.26. The lowest BCUT2D eigenvalue weighted by molar-refractivity contribution is 1.29. The minimum Gasteiger partial charge on any atom is -0.310 e. The maximum atomic E-state index is 7.09. The van der Waals surface area contributed by atoms with Gasteiger partial charge in [0.05, 0.1) is 5.02 Å². The van der Waals surface area contributed by atoms with E-state index in [1.54, 1.807) is 11.3 Å². The number of aryl methyl sites for hydroxylation is 1. The van der Waals surface area contributed by atoms with Gasteiger partial charge in [-0.2, -0.15) is 0 Å². The molecule has 0 fully saturated rings. The molecule has 0 saturated carbocycles. The average Bonchev–Trinajstić information content (AvgIpc) is 3.68. The number of nitrogens with zero attached hydrogens (tertiary/aromatic N) is 2. The first-order chi connectivity index (χ1) is 23.6. The Morgan fingerprint density at radius 2 is 0.896 bits per heavy atom. The van der Waals surface area contributed by atoms with E-state index in [1.165, 1.54) is 40.5 Å². The lowest BCUT2D eigenvalue weighted by atomic mass is 10.0. The van der Waals surface area contributed by atoms with Gasteiger partial charge < -0.3 is 9.80 Å². The molecule has 0 amide bonds. The first-order valence-corrected chi connectivity index (χ1v) is 18.0. The van der Waals surface area contributed by atoms with Crippen LogP contribution in [0.2, 0.25) is 5.02 Å². The molecule has 2 nitrogen and oxygen atoms in total. The molecule has 0 aliphatic rings. The van der Waals surface area contributed by atoms with Crippen LogP contribution < -0.4 is 9.80 Å². The predicted octanol–water partition coefficient (Wildman–Crippen LogP) is 14.3. The van der Waals surface area contributed by atoms with Crippen LogP contribution in [0.5, 0.6) is 0 Å². The molecule has 0 aliphatic heterocycles. The highest BCUT2D eigenvalue weighted by Crippen LogP contribution is 2.47. The molecule has 0 aliphatic carbocycles. The average molecular weight is 673 g/mol. The van der Waals surface area contributed by atoms with Crippen molar-refractivity contribution < 1.29 is 0 Å². The Labute approximate surface area is 292 Å². The number of anilines is 6. The van der Waals surface area contributed by atoms with Crippen LogP contribution in [0.25, 0.3) is 40.3 Å². The highest BCUT2D eigenvalue weighted by molar-refractivity contribution is 7.26. The molecule has 0 saturated heterocycles.